The van der Waals surface area contributed by atoms with Gasteiger partial charge in [0, 0.05) is 11.5 Å². The summed E-state index contributed by atoms with van der Waals surface area (Å²) in [5.74, 6) is 0. The van der Waals surface area contributed by atoms with Gasteiger partial charge in [0.1, 0.15) is 0 Å². The molecule has 0 saturated heterocycles. The number of hydrogen-bond acceptors (Lipinski definition) is 5. The average molecular weight is 469 g/mol. The highest BCUT2D eigenvalue weighted by Crippen LogP contribution is 2.41. The molecule has 0 radical (unpaired) electrons. The first kappa shape index (κ1) is 32.5. The molecule has 0 aliphatic carbocycles. The van der Waals surface area contributed by atoms with Gasteiger partial charge >= 0.3 is 8.80 Å². The van der Waals surface area contributed by atoms with E-state index < -0.39 is 19.2 Å². The molecule has 30 heavy (non-hydrogen) atoms. The summed E-state index contributed by atoms with van der Waals surface area (Å²) < 4.78 is 0. The van der Waals surface area contributed by atoms with Gasteiger partial charge in [0.2, 0.25) is 0 Å². The molecule has 0 aliphatic rings. The molecule has 0 heterocycles. The molecular weight excluding hydrogens is 416 g/mol. The molecule has 1 atom stereocenters. The van der Waals surface area contributed by atoms with E-state index >= 15 is 0 Å². The van der Waals surface area contributed by atoms with Crippen LogP contribution in [0.1, 0.15) is 130 Å². The zero-order valence-corrected chi connectivity index (χ0v) is 22.0. The number of alkyl halides is 1. The van der Waals surface area contributed by atoms with Crippen molar-refractivity contribution in [2.24, 2.45) is 11.1 Å². The van der Waals surface area contributed by atoms with Gasteiger partial charge in [-0.05, 0) is 6.42 Å². The fourth-order valence-electron chi connectivity index (χ4n) is 4.01. The fraction of sp³-hybridized carbons (Fsp3) is 1.00. The van der Waals surface area contributed by atoms with E-state index in [2.05, 4.69) is 6.92 Å². The van der Waals surface area contributed by atoms with E-state index in [-0.39, 0.29) is 12.2 Å². The van der Waals surface area contributed by atoms with Crippen molar-refractivity contribution in [1.82, 2.24) is 6.15 Å². The number of unbranched alkanes of at least 4 members (excludes halogenated alkanes) is 15. The largest absolute Gasteiger partial charge is 0.493 e. The summed E-state index contributed by atoms with van der Waals surface area (Å²) in [6.45, 7) is 5.85. The van der Waals surface area contributed by atoms with Gasteiger partial charge in [-0.25, -0.2) is 0 Å². The Hall–Kier alpha value is 0.307. The molecule has 0 rings (SSSR count). The summed E-state index contributed by atoms with van der Waals surface area (Å²) in [6.07, 6.45) is 21.7. The van der Waals surface area contributed by atoms with E-state index in [4.69, 9.17) is 17.3 Å². The van der Waals surface area contributed by atoms with Gasteiger partial charge in [-0.15, -0.1) is 11.6 Å². The Labute approximate surface area is 193 Å². The Bertz CT molecular complexity index is 391. The van der Waals surface area contributed by atoms with Gasteiger partial charge in [-0.2, -0.15) is 0 Å². The predicted octanol–water partition coefficient (Wildman–Crippen LogP) is 6.64. The molecule has 0 aliphatic heterocycles. The molecule has 0 bridgehead atoms. The fourth-order valence-corrected chi connectivity index (χ4v) is 5.82. The molecule has 0 fully saturated rings. The maximum Gasteiger partial charge on any atom is 0.493 e. The van der Waals surface area contributed by atoms with Crippen LogP contribution in [0, 0.1) is 5.41 Å². The second-order valence-corrected chi connectivity index (χ2v) is 12.3. The highest BCUT2D eigenvalue weighted by Gasteiger charge is 2.46. The molecule has 7 heteroatoms. The highest BCUT2D eigenvalue weighted by molar-refractivity contribution is 6.56. The highest BCUT2D eigenvalue weighted by atomic mass is 35.5. The molecule has 0 aromatic heterocycles. The van der Waals surface area contributed by atoms with Gasteiger partial charge in [-0.3, -0.25) is 0 Å². The van der Waals surface area contributed by atoms with Crippen LogP contribution in [0.4, 0.5) is 0 Å². The number of hydrogen-bond donors (Lipinski definition) is 5. The zero-order chi connectivity index (χ0) is 22.2. The molecule has 0 spiro atoms. The van der Waals surface area contributed by atoms with Crippen LogP contribution in [0.25, 0.3) is 0 Å². The monoisotopic (exact) mass is 468 g/mol. The first-order chi connectivity index (χ1) is 13.5. The lowest BCUT2D eigenvalue weighted by atomic mass is 9.83. The predicted molar refractivity (Wildman–Crippen MR) is 133 cm³/mol. The van der Waals surface area contributed by atoms with Crippen molar-refractivity contribution in [2.45, 2.75) is 141 Å². The maximum absolute atomic E-state index is 9.36. The summed E-state index contributed by atoms with van der Waals surface area (Å²) in [7, 11) is -4.16. The molecule has 5 nitrogen and oxygen atoms in total. The average Bonchev–Trinajstić information content (AvgIpc) is 2.59. The molecule has 1 unspecified atom stereocenters. The number of rotatable bonds is 20. The van der Waals surface area contributed by atoms with E-state index in [1.54, 1.807) is 13.8 Å². The van der Waals surface area contributed by atoms with Crippen molar-refractivity contribution in [2.75, 3.05) is 0 Å². The molecule has 0 aromatic rings. The molecule has 184 valence electrons. The topological polar surface area (TPSA) is 122 Å². The van der Waals surface area contributed by atoms with Crippen LogP contribution in [0.15, 0.2) is 0 Å². The van der Waals surface area contributed by atoms with Gasteiger partial charge in [-0.1, -0.05) is 124 Å². The number of halogens is 1. The lowest BCUT2D eigenvalue weighted by molar-refractivity contribution is 0.172. The van der Waals surface area contributed by atoms with Gasteiger partial charge in [0.15, 0.2) is 0 Å². The minimum Gasteiger partial charge on any atom is -0.390 e. The summed E-state index contributed by atoms with van der Waals surface area (Å²) in [6, 6.07) is -0.140. The van der Waals surface area contributed by atoms with Crippen LogP contribution < -0.4 is 11.9 Å². The Kier molecular flexibility index (Phi) is 19.3. The van der Waals surface area contributed by atoms with Gasteiger partial charge in [0.05, 0.1) is 5.00 Å². The quantitative estimate of drug-likeness (QED) is 0.0593. The van der Waals surface area contributed by atoms with Crippen LogP contribution in [-0.4, -0.2) is 28.2 Å². The van der Waals surface area contributed by atoms with E-state index in [0.717, 1.165) is 12.8 Å². The third-order valence-corrected chi connectivity index (χ3v) is 8.26. The van der Waals surface area contributed by atoms with E-state index in [1.165, 1.54) is 89.9 Å². The third-order valence-electron chi connectivity index (χ3n) is 6.20. The van der Waals surface area contributed by atoms with E-state index in [0.29, 0.717) is 6.42 Å². The van der Waals surface area contributed by atoms with Crippen molar-refractivity contribution in [3.63, 3.8) is 0 Å². The van der Waals surface area contributed by atoms with E-state index in [9.17, 15) is 14.4 Å². The van der Waals surface area contributed by atoms with Crippen LogP contribution in [-0.2, 0) is 0 Å². The first-order valence-electron chi connectivity index (χ1n) is 12.2. The Morgan fingerprint density at radius 1 is 0.667 bits per heavy atom. The molecule has 0 amide bonds. The molecule has 0 saturated carbocycles. The van der Waals surface area contributed by atoms with Crippen LogP contribution in [0.5, 0.6) is 0 Å². The lowest BCUT2D eigenvalue weighted by Crippen LogP contribution is -2.53. The Morgan fingerprint density at radius 3 is 1.27 bits per heavy atom. The third kappa shape index (κ3) is 17.9. The van der Waals surface area contributed by atoms with Crippen molar-refractivity contribution in [1.29, 1.82) is 0 Å². The lowest BCUT2D eigenvalue weighted by Gasteiger charge is -2.40. The first-order valence-corrected chi connectivity index (χ1v) is 14.6. The normalized spacial score (nSPS) is 14.4. The second kappa shape index (κ2) is 17.8. The molecular formula is C23H53ClN2O3Si. The van der Waals surface area contributed by atoms with Gasteiger partial charge in [0.25, 0.3) is 0 Å². The van der Waals surface area contributed by atoms with Gasteiger partial charge < -0.3 is 26.3 Å². The Morgan fingerprint density at radius 2 is 0.967 bits per heavy atom. The van der Waals surface area contributed by atoms with E-state index in [1.807, 2.05) is 0 Å². The van der Waals surface area contributed by atoms with Crippen LogP contribution in [0.3, 0.4) is 0 Å². The summed E-state index contributed by atoms with van der Waals surface area (Å²) >= 11 is 6.47. The molecule has 8 N–H and O–H groups in total. The summed E-state index contributed by atoms with van der Waals surface area (Å²) in [4.78, 5) is 27.1. The smallest absolute Gasteiger partial charge is 0.390 e. The second-order valence-electron chi connectivity index (χ2n) is 9.75. The zero-order valence-electron chi connectivity index (χ0n) is 20.2. The van der Waals surface area contributed by atoms with Crippen molar-refractivity contribution >= 4 is 20.4 Å². The van der Waals surface area contributed by atoms with Crippen molar-refractivity contribution < 1.29 is 14.4 Å². The summed E-state index contributed by atoms with van der Waals surface area (Å²) in [5, 5.41) is 0. The SMILES string of the molecule is CCCCCCCCCCCCCCCCCCC(N)(Cl)C(C)(C)C[Si](O)(O)O.N. The van der Waals surface area contributed by atoms with Crippen LogP contribution in [0.2, 0.25) is 6.04 Å². The maximum atomic E-state index is 9.36. The Balaban J connectivity index is 0. The van der Waals surface area contributed by atoms with Crippen molar-refractivity contribution in [3.05, 3.63) is 0 Å². The van der Waals surface area contributed by atoms with Crippen molar-refractivity contribution in [3.8, 4) is 0 Å². The number of nitrogens with two attached hydrogens (primary N) is 1. The summed E-state index contributed by atoms with van der Waals surface area (Å²) in [5.41, 5.74) is 5.49. The minimum absolute atomic E-state index is 0. The van der Waals surface area contributed by atoms with Crippen LogP contribution >= 0.6 is 11.6 Å². The standard InChI is InChI=1S/C23H50ClNO3Si.H3N/c1-4-5-6-7-8-9-10-11-12-13-14-15-16-17-18-19-20-23(24,25)22(2,3)21-29(26,27)28;/h26-28H,4-21,25H2,1-3H3;1H3. The minimum atomic E-state index is -4.16. The molecule has 0 aromatic carbocycles.